The number of methoxy groups -OCH3 is 1. The summed E-state index contributed by atoms with van der Waals surface area (Å²) in [5.41, 5.74) is 0.111. The van der Waals surface area contributed by atoms with Crippen LogP contribution in [-0.2, 0) is 14.9 Å². The lowest BCUT2D eigenvalue weighted by Crippen LogP contribution is -2.23. The van der Waals surface area contributed by atoms with Crippen LogP contribution < -0.4 is 0 Å². The van der Waals surface area contributed by atoms with E-state index in [4.69, 9.17) is 16.3 Å². The molecule has 1 aromatic heterocycles. The number of carbonyl (C=O) groups is 1. The van der Waals surface area contributed by atoms with E-state index < -0.39 is 5.41 Å². The lowest BCUT2D eigenvalue weighted by Gasteiger charge is -2.13. The molecular formula is C10H9BrClNO2. The van der Waals surface area contributed by atoms with E-state index in [0.717, 1.165) is 17.3 Å². The molecular weight excluding hydrogens is 281 g/mol. The molecule has 0 aliphatic heterocycles. The first-order chi connectivity index (χ1) is 7.10. The Morgan fingerprint density at radius 1 is 1.60 bits per heavy atom. The second-order valence-corrected chi connectivity index (χ2v) is 4.78. The number of aromatic nitrogens is 1. The second-order valence-electron chi connectivity index (χ2n) is 3.54. The van der Waals surface area contributed by atoms with Gasteiger partial charge in [0.15, 0.2) is 0 Å². The second kappa shape index (κ2) is 3.76. The Kier molecular flexibility index (Phi) is 2.73. The molecule has 3 nitrogen and oxygen atoms in total. The van der Waals surface area contributed by atoms with Crippen LogP contribution in [0.1, 0.15) is 18.5 Å². The molecule has 0 atom stereocenters. The van der Waals surface area contributed by atoms with E-state index in [9.17, 15) is 4.79 Å². The molecule has 5 heteroatoms. The van der Waals surface area contributed by atoms with Crippen molar-refractivity contribution in [1.29, 1.82) is 0 Å². The predicted octanol–water partition coefficient (Wildman–Crippen LogP) is 2.70. The number of nitrogens with zero attached hydrogens (tertiary/aromatic N) is 1. The molecule has 1 aliphatic carbocycles. The fourth-order valence-corrected chi connectivity index (χ4v) is 2.36. The topological polar surface area (TPSA) is 39.2 Å². The van der Waals surface area contributed by atoms with Crippen molar-refractivity contribution in [2.24, 2.45) is 0 Å². The lowest BCUT2D eigenvalue weighted by molar-refractivity contribution is -0.143. The van der Waals surface area contributed by atoms with Gasteiger partial charge in [-0.05, 0) is 40.9 Å². The van der Waals surface area contributed by atoms with Crippen LogP contribution in [0.5, 0.6) is 0 Å². The number of ether oxygens (including phenoxy) is 1. The van der Waals surface area contributed by atoms with E-state index in [2.05, 4.69) is 20.9 Å². The average molecular weight is 291 g/mol. The number of hydrogen-bond donors (Lipinski definition) is 0. The van der Waals surface area contributed by atoms with E-state index in [1.165, 1.54) is 7.11 Å². The summed E-state index contributed by atoms with van der Waals surface area (Å²) in [7, 11) is 1.39. The maximum Gasteiger partial charge on any atom is 0.317 e. The molecule has 0 N–H and O–H groups in total. The van der Waals surface area contributed by atoms with Crippen molar-refractivity contribution in [3.05, 3.63) is 27.5 Å². The van der Waals surface area contributed by atoms with Crippen molar-refractivity contribution >= 4 is 33.5 Å². The smallest absolute Gasteiger partial charge is 0.317 e. The molecule has 0 unspecified atom stereocenters. The third-order valence-electron chi connectivity index (χ3n) is 2.59. The highest BCUT2D eigenvalue weighted by atomic mass is 79.9. The van der Waals surface area contributed by atoms with Gasteiger partial charge in [-0.2, -0.15) is 0 Å². The van der Waals surface area contributed by atoms with Crippen molar-refractivity contribution in [3.8, 4) is 0 Å². The van der Waals surface area contributed by atoms with Crippen molar-refractivity contribution < 1.29 is 9.53 Å². The minimum absolute atomic E-state index is 0.238. The fraction of sp³-hybridized carbons (Fsp3) is 0.400. The van der Waals surface area contributed by atoms with E-state index in [1.807, 2.05) is 0 Å². The summed E-state index contributed by atoms with van der Waals surface area (Å²) in [6.07, 6.45) is 1.54. The van der Waals surface area contributed by atoms with Gasteiger partial charge in [0, 0.05) is 4.47 Å². The Hall–Kier alpha value is -0.610. The van der Waals surface area contributed by atoms with Crippen LogP contribution in [-0.4, -0.2) is 18.1 Å². The van der Waals surface area contributed by atoms with Gasteiger partial charge in [0.2, 0.25) is 0 Å². The van der Waals surface area contributed by atoms with E-state index in [-0.39, 0.29) is 5.97 Å². The largest absolute Gasteiger partial charge is 0.468 e. The van der Waals surface area contributed by atoms with Gasteiger partial charge in [-0.3, -0.25) is 4.79 Å². The molecule has 2 rings (SSSR count). The molecule has 1 heterocycles. The van der Waals surface area contributed by atoms with Gasteiger partial charge < -0.3 is 4.74 Å². The standard InChI is InChI=1S/C10H9BrClNO2/c1-15-9(14)10(4-5-10)8-6(11)2-3-7(12)13-8/h2-3H,4-5H2,1H3. The minimum Gasteiger partial charge on any atom is -0.468 e. The van der Waals surface area contributed by atoms with Gasteiger partial charge in [-0.25, -0.2) is 4.98 Å². The van der Waals surface area contributed by atoms with Gasteiger partial charge in [0.1, 0.15) is 10.6 Å². The van der Waals surface area contributed by atoms with Gasteiger partial charge >= 0.3 is 5.97 Å². The third kappa shape index (κ3) is 1.76. The molecule has 0 spiro atoms. The summed E-state index contributed by atoms with van der Waals surface area (Å²) in [6.45, 7) is 0. The molecule has 1 saturated carbocycles. The summed E-state index contributed by atoms with van der Waals surface area (Å²) < 4.78 is 5.58. The third-order valence-corrected chi connectivity index (χ3v) is 3.44. The molecule has 80 valence electrons. The van der Waals surface area contributed by atoms with Gasteiger partial charge in [0.05, 0.1) is 12.8 Å². The molecule has 0 bridgehead atoms. The van der Waals surface area contributed by atoms with Crippen LogP contribution in [0.2, 0.25) is 5.15 Å². The van der Waals surface area contributed by atoms with E-state index >= 15 is 0 Å². The summed E-state index contributed by atoms with van der Waals surface area (Å²) >= 11 is 9.19. The van der Waals surface area contributed by atoms with Gasteiger partial charge in [-0.15, -0.1) is 0 Å². The summed E-state index contributed by atoms with van der Waals surface area (Å²) in [5.74, 6) is -0.238. The number of hydrogen-bond acceptors (Lipinski definition) is 3. The van der Waals surface area contributed by atoms with Crippen molar-refractivity contribution in [3.63, 3.8) is 0 Å². The fourth-order valence-electron chi connectivity index (χ4n) is 1.61. The zero-order chi connectivity index (χ0) is 11.1. The quantitative estimate of drug-likeness (QED) is 0.621. The van der Waals surface area contributed by atoms with Crippen LogP contribution in [0.25, 0.3) is 0 Å². The molecule has 0 amide bonds. The number of pyridine rings is 1. The van der Waals surface area contributed by atoms with Crippen molar-refractivity contribution in [2.75, 3.05) is 7.11 Å². The zero-order valence-corrected chi connectivity index (χ0v) is 10.4. The first-order valence-corrected chi connectivity index (χ1v) is 5.68. The summed E-state index contributed by atoms with van der Waals surface area (Å²) in [4.78, 5) is 15.8. The summed E-state index contributed by atoms with van der Waals surface area (Å²) in [5, 5.41) is 0.392. The Bertz CT molecular complexity index is 418. The Morgan fingerprint density at radius 2 is 2.27 bits per heavy atom. The van der Waals surface area contributed by atoms with Crippen molar-refractivity contribution in [2.45, 2.75) is 18.3 Å². The lowest BCUT2D eigenvalue weighted by atomic mass is 10.0. The maximum atomic E-state index is 11.6. The molecule has 0 saturated heterocycles. The first kappa shape index (κ1) is 10.9. The Labute approximate surface area is 101 Å². The monoisotopic (exact) mass is 289 g/mol. The van der Waals surface area contributed by atoms with E-state index in [1.54, 1.807) is 12.1 Å². The van der Waals surface area contributed by atoms with Gasteiger partial charge in [0.25, 0.3) is 0 Å². The minimum atomic E-state index is -0.571. The number of halogens is 2. The molecule has 0 aromatic carbocycles. The average Bonchev–Trinajstić information content (AvgIpc) is 3.01. The Morgan fingerprint density at radius 3 is 2.80 bits per heavy atom. The zero-order valence-electron chi connectivity index (χ0n) is 8.09. The normalized spacial score (nSPS) is 17.3. The number of esters is 1. The number of carbonyl (C=O) groups excluding carboxylic acids is 1. The van der Waals surface area contributed by atoms with Crippen molar-refractivity contribution in [1.82, 2.24) is 4.98 Å². The maximum absolute atomic E-state index is 11.6. The predicted molar refractivity (Wildman–Crippen MR) is 59.9 cm³/mol. The van der Waals surface area contributed by atoms with Crippen LogP contribution in [0, 0.1) is 0 Å². The van der Waals surface area contributed by atoms with Crippen LogP contribution >= 0.6 is 27.5 Å². The molecule has 15 heavy (non-hydrogen) atoms. The molecule has 1 aromatic rings. The van der Waals surface area contributed by atoms with E-state index in [0.29, 0.717) is 10.8 Å². The van der Waals surface area contributed by atoms with Crippen LogP contribution in [0.4, 0.5) is 0 Å². The Balaban J connectivity index is 2.45. The summed E-state index contributed by atoms with van der Waals surface area (Å²) in [6, 6.07) is 3.48. The first-order valence-electron chi connectivity index (χ1n) is 4.51. The van der Waals surface area contributed by atoms with Crippen LogP contribution in [0.3, 0.4) is 0 Å². The number of rotatable bonds is 2. The van der Waals surface area contributed by atoms with Gasteiger partial charge in [-0.1, -0.05) is 11.6 Å². The highest BCUT2D eigenvalue weighted by Gasteiger charge is 2.55. The highest BCUT2D eigenvalue weighted by Crippen LogP contribution is 2.50. The molecule has 1 aliphatic rings. The van der Waals surface area contributed by atoms with Crippen LogP contribution in [0.15, 0.2) is 16.6 Å². The SMILES string of the molecule is COC(=O)C1(c2nc(Cl)ccc2Br)CC1. The molecule has 0 radical (unpaired) electrons. The molecule has 1 fully saturated rings. The highest BCUT2D eigenvalue weighted by molar-refractivity contribution is 9.10.